The van der Waals surface area contributed by atoms with Crippen molar-refractivity contribution in [2.75, 3.05) is 13.7 Å². The monoisotopic (exact) mass is 423 g/mol. The molecule has 0 unspecified atom stereocenters. The van der Waals surface area contributed by atoms with Crippen molar-refractivity contribution in [1.82, 2.24) is 5.32 Å². The summed E-state index contributed by atoms with van der Waals surface area (Å²) in [4.78, 5) is 35.4. The van der Waals surface area contributed by atoms with Crippen LogP contribution in [0.4, 0.5) is 0 Å². The third-order valence-corrected chi connectivity index (χ3v) is 4.19. The average molecular weight is 423 g/mol. The minimum atomic E-state index is -0.747. The molecule has 31 heavy (non-hydrogen) atoms. The highest BCUT2D eigenvalue weighted by molar-refractivity contribution is 5.89. The Morgan fingerprint density at radius 2 is 1.65 bits per heavy atom. The lowest BCUT2D eigenvalue weighted by molar-refractivity contribution is -0.124. The number of methoxy groups -OCH3 is 1. The Labute approximate surface area is 178 Å². The molecule has 3 rings (SSSR count). The minimum Gasteiger partial charge on any atom is -0.486 e. The van der Waals surface area contributed by atoms with Gasteiger partial charge in [0.2, 0.25) is 5.76 Å². The van der Waals surface area contributed by atoms with Crippen molar-refractivity contribution in [3.05, 3.63) is 89.4 Å². The number of carbonyl (C=O) groups excluding carboxylic acids is 3. The van der Waals surface area contributed by atoms with Gasteiger partial charge in [-0.2, -0.15) is 0 Å². The molecular formula is C23H21NO7. The molecule has 0 radical (unpaired) electrons. The number of amides is 1. The summed E-state index contributed by atoms with van der Waals surface area (Å²) < 4.78 is 20.5. The second kappa shape index (κ2) is 10.6. The van der Waals surface area contributed by atoms with Crippen LogP contribution in [0.5, 0.6) is 5.75 Å². The molecule has 1 aromatic heterocycles. The van der Waals surface area contributed by atoms with Crippen LogP contribution in [0.2, 0.25) is 0 Å². The van der Waals surface area contributed by atoms with Gasteiger partial charge < -0.3 is 23.9 Å². The highest BCUT2D eigenvalue weighted by Gasteiger charge is 2.15. The van der Waals surface area contributed by atoms with Crippen LogP contribution in [0, 0.1) is 0 Å². The van der Waals surface area contributed by atoms with E-state index in [1.54, 1.807) is 30.3 Å². The molecule has 1 N–H and O–H groups in total. The molecule has 1 heterocycles. The highest BCUT2D eigenvalue weighted by atomic mass is 16.6. The summed E-state index contributed by atoms with van der Waals surface area (Å²) in [5.41, 5.74) is 1.19. The maximum Gasteiger partial charge on any atom is 0.374 e. The zero-order valence-electron chi connectivity index (χ0n) is 16.8. The number of hydrogen-bond acceptors (Lipinski definition) is 7. The summed E-state index contributed by atoms with van der Waals surface area (Å²) in [5.74, 6) is -0.531. The lowest BCUT2D eigenvalue weighted by atomic mass is 10.1. The lowest BCUT2D eigenvalue weighted by Crippen LogP contribution is -2.28. The van der Waals surface area contributed by atoms with Crippen LogP contribution < -0.4 is 10.1 Å². The summed E-state index contributed by atoms with van der Waals surface area (Å²) in [7, 11) is 1.31. The molecule has 0 saturated heterocycles. The molecule has 0 aliphatic heterocycles. The van der Waals surface area contributed by atoms with Gasteiger partial charge in [-0.15, -0.1) is 0 Å². The van der Waals surface area contributed by atoms with E-state index in [9.17, 15) is 14.4 Å². The molecule has 8 heteroatoms. The van der Waals surface area contributed by atoms with Crippen molar-refractivity contribution in [1.29, 1.82) is 0 Å². The number of ether oxygens (including phenoxy) is 3. The number of carbonyl (C=O) groups is 3. The summed E-state index contributed by atoms with van der Waals surface area (Å²) in [6.07, 6.45) is 0. The highest BCUT2D eigenvalue weighted by Crippen LogP contribution is 2.14. The molecule has 1 amide bonds. The topological polar surface area (TPSA) is 104 Å². The fraction of sp³-hybridized carbons (Fsp3) is 0.174. The first kappa shape index (κ1) is 21.6. The molecule has 0 aliphatic rings. The predicted octanol–water partition coefficient (Wildman–Crippen LogP) is 3.12. The van der Waals surface area contributed by atoms with E-state index < -0.39 is 24.5 Å². The van der Waals surface area contributed by atoms with Gasteiger partial charge in [0.1, 0.15) is 18.1 Å². The summed E-state index contributed by atoms with van der Waals surface area (Å²) >= 11 is 0. The Kier molecular flexibility index (Phi) is 7.42. The molecule has 0 saturated carbocycles. The quantitative estimate of drug-likeness (QED) is 0.527. The molecule has 0 atom stereocenters. The maximum atomic E-state index is 12.1. The fourth-order valence-corrected chi connectivity index (χ4v) is 2.57. The number of furan rings is 1. The number of esters is 2. The van der Waals surface area contributed by atoms with Crippen LogP contribution in [0.1, 0.15) is 32.2 Å². The zero-order valence-corrected chi connectivity index (χ0v) is 16.8. The second-order valence-corrected chi connectivity index (χ2v) is 6.41. The van der Waals surface area contributed by atoms with E-state index in [4.69, 9.17) is 13.9 Å². The van der Waals surface area contributed by atoms with Gasteiger partial charge in [0.25, 0.3) is 5.91 Å². The van der Waals surface area contributed by atoms with Gasteiger partial charge >= 0.3 is 11.9 Å². The average Bonchev–Trinajstić information content (AvgIpc) is 3.29. The number of nitrogens with one attached hydrogen (secondary N) is 1. The minimum absolute atomic E-state index is 0.0159. The van der Waals surface area contributed by atoms with Crippen molar-refractivity contribution in [2.24, 2.45) is 0 Å². The van der Waals surface area contributed by atoms with Crippen LogP contribution >= 0.6 is 0 Å². The number of para-hydroxylation sites is 1. The van der Waals surface area contributed by atoms with E-state index >= 15 is 0 Å². The molecule has 3 aromatic rings. The molecule has 0 bridgehead atoms. The van der Waals surface area contributed by atoms with Crippen molar-refractivity contribution in [3.63, 3.8) is 0 Å². The Bertz CT molecular complexity index is 1030. The van der Waals surface area contributed by atoms with Gasteiger partial charge in [-0.05, 0) is 42.0 Å². The summed E-state index contributed by atoms with van der Waals surface area (Å²) in [5, 5.41) is 2.63. The summed E-state index contributed by atoms with van der Waals surface area (Å²) in [6.45, 7) is -0.0677. The largest absolute Gasteiger partial charge is 0.486 e. The van der Waals surface area contributed by atoms with E-state index in [-0.39, 0.29) is 18.9 Å². The number of rotatable bonds is 9. The second-order valence-electron chi connectivity index (χ2n) is 6.41. The van der Waals surface area contributed by atoms with Gasteiger partial charge in [0.15, 0.2) is 6.61 Å². The molecule has 160 valence electrons. The van der Waals surface area contributed by atoms with E-state index in [0.717, 1.165) is 5.56 Å². The normalized spacial score (nSPS) is 10.2. The van der Waals surface area contributed by atoms with Gasteiger partial charge in [-0.1, -0.05) is 30.3 Å². The van der Waals surface area contributed by atoms with E-state index in [1.165, 1.54) is 13.2 Å². The molecule has 0 fully saturated rings. The van der Waals surface area contributed by atoms with Crippen LogP contribution in [-0.2, 0) is 27.4 Å². The number of hydrogen-bond donors (Lipinski definition) is 1. The Morgan fingerprint density at radius 3 is 2.35 bits per heavy atom. The number of benzene rings is 2. The SMILES string of the molecule is COC(=O)c1ccc(CNC(=O)COC(=O)c2ccc(COc3ccccc3)o2)cc1. The zero-order chi connectivity index (χ0) is 22.1. The van der Waals surface area contributed by atoms with Crippen LogP contribution in [0.3, 0.4) is 0 Å². The maximum absolute atomic E-state index is 12.1. The smallest absolute Gasteiger partial charge is 0.374 e. The van der Waals surface area contributed by atoms with Crippen molar-refractivity contribution < 1.29 is 33.0 Å². The molecule has 0 spiro atoms. The Morgan fingerprint density at radius 1 is 0.903 bits per heavy atom. The van der Waals surface area contributed by atoms with Gasteiger partial charge in [-0.25, -0.2) is 9.59 Å². The first-order valence-corrected chi connectivity index (χ1v) is 9.43. The van der Waals surface area contributed by atoms with Crippen molar-refractivity contribution in [3.8, 4) is 5.75 Å². The first-order chi connectivity index (χ1) is 15.0. The molecule has 0 aliphatic carbocycles. The molecule has 2 aromatic carbocycles. The standard InChI is InChI=1S/C23H21NO7/c1-28-22(26)17-9-7-16(8-10-17)13-24-21(25)15-30-23(27)20-12-11-19(31-20)14-29-18-5-3-2-4-6-18/h2-12H,13-15H2,1H3,(H,24,25). The Balaban J connectivity index is 1.40. The Hall–Kier alpha value is -4.07. The third kappa shape index (κ3) is 6.46. The third-order valence-electron chi connectivity index (χ3n) is 4.19. The summed E-state index contributed by atoms with van der Waals surface area (Å²) in [6, 6.07) is 18.9. The van der Waals surface area contributed by atoms with Gasteiger partial charge in [0.05, 0.1) is 12.7 Å². The first-order valence-electron chi connectivity index (χ1n) is 9.43. The van der Waals surface area contributed by atoms with Crippen molar-refractivity contribution in [2.45, 2.75) is 13.2 Å². The van der Waals surface area contributed by atoms with Crippen molar-refractivity contribution >= 4 is 17.8 Å². The van der Waals surface area contributed by atoms with Crippen LogP contribution in [-0.4, -0.2) is 31.6 Å². The van der Waals surface area contributed by atoms with E-state index in [0.29, 0.717) is 17.1 Å². The molecular weight excluding hydrogens is 402 g/mol. The van der Waals surface area contributed by atoms with Crippen LogP contribution in [0.25, 0.3) is 0 Å². The van der Waals surface area contributed by atoms with Gasteiger partial charge in [0, 0.05) is 6.54 Å². The van der Waals surface area contributed by atoms with E-state index in [1.807, 2.05) is 30.3 Å². The predicted molar refractivity (Wildman–Crippen MR) is 109 cm³/mol. The lowest BCUT2D eigenvalue weighted by Gasteiger charge is -2.07. The fourth-order valence-electron chi connectivity index (χ4n) is 2.57. The van der Waals surface area contributed by atoms with Gasteiger partial charge in [-0.3, -0.25) is 4.79 Å². The van der Waals surface area contributed by atoms with Crippen LogP contribution in [0.15, 0.2) is 71.1 Å². The van der Waals surface area contributed by atoms with E-state index in [2.05, 4.69) is 10.1 Å². The molecule has 8 nitrogen and oxygen atoms in total.